The fraction of sp³-hybridized carbons (Fsp3) is 0.333. The minimum atomic E-state index is -0.297. The summed E-state index contributed by atoms with van der Waals surface area (Å²) in [7, 11) is 0. The number of H-pyrrole nitrogens is 1. The highest BCUT2D eigenvalue weighted by molar-refractivity contribution is 7.98. The van der Waals surface area contributed by atoms with Crippen molar-refractivity contribution in [3.8, 4) is 0 Å². The molecular weight excluding hydrogens is 273 g/mol. The van der Waals surface area contributed by atoms with Gasteiger partial charge in [0.05, 0.1) is 0 Å². The van der Waals surface area contributed by atoms with Crippen molar-refractivity contribution in [1.82, 2.24) is 15.2 Å². The molecule has 3 nitrogen and oxygen atoms in total. The first-order valence-corrected chi connectivity index (χ1v) is 6.92. The molecule has 0 unspecified atom stereocenters. The van der Waals surface area contributed by atoms with Crippen molar-refractivity contribution < 1.29 is 4.39 Å². The normalized spacial score (nSPS) is 11.2. The SMILES string of the molecule is CC(C)c1nc(SCc2c(F)cccc2Cl)n[nH]1. The van der Waals surface area contributed by atoms with Crippen LogP contribution >= 0.6 is 23.4 Å². The van der Waals surface area contributed by atoms with E-state index in [2.05, 4.69) is 15.2 Å². The molecule has 1 aromatic carbocycles. The molecule has 0 spiro atoms. The maximum Gasteiger partial charge on any atom is 0.208 e. The van der Waals surface area contributed by atoms with Gasteiger partial charge in [-0.1, -0.05) is 43.3 Å². The van der Waals surface area contributed by atoms with Crippen molar-refractivity contribution in [2.75, 3.05) is 0 Å². The van der Waals surface area contributed by atoms with Gasteiger partial charge in [0.15, 0.2) is 0 Å². The van der Waals surface area contributed by atoms with Gasteiger partial charge in [-0.25, -0.2) is 9.37 Å². The van der Waals surface area contributed by atoms with Gasteiger partial charge in [-0.3, -0.25) is 5.10 Å². The summed E-state index contributed by atoms with van der Waals surface area (Å²) in [5.74, 6) is 1.25. The Labute approximate surface area is 114 Å². The fourth-order valence-corrected chi connectivity index (χ4v) is 2.54. The van der Waals surface area contributed by atoms with Gasteiger partial charge < -0.3 is 0 Å². The van der Waals surface area contributed by atoms with Crippen molar-refractivity contribution in [3.63, 3.8) is 0 Å². The number of aromatic amines is 1. The second kappa shape index (κ2) is 5.71. The molecule has 18 heavy (non-hydrogen) atoms. The van der Waals surface area contributed by atoms with Crippen LogP contribution < -0.4 is 0 Å². The number of aromatic nitrogens is 3. The van der Waals surface area contributed by atoms with Gasteiger partial charge >= 0.3 is 0 Å². The van der Waals surface area contributed by atoms with E-state index in [9.17, 15) is 4.39 Å². The van der Waals surface area contributed by atoms with Gasteiger partial charge in [0, 0.05) is 22.3 Å². The fourth-order valence-electron chi connectivity index (χ4n) is 1.39. The summed E-state index contributed by atoms with van der Waals surface area (Å²) in [5.41, 5.74) is 0.486. The van der Waals surface area contributed by atoms with E-state index in [0.717, 1.165) is 5.82 Å². The van der Waals surface area contributed by atoms with Crippen LogP contribution in [0.15, 0.2) is 23.4 Å². The largest absolute Gasteiger partial charge is 0.262 e. The zero-order valence-corrected chi connectivity index (χ0v) is 11.6. The number of nitrogens with one attached hydrogen (secondary N) is 1. The molecule has 2 aromatic rings. The maximum atomic E-state index is 13.5. The zero-order valence-electron chi connectivity index (χ0n) is 10.1. The van der Waals surface area contributed by atoms with Crippen LogP contribution in [0.25, 0.3) is 0 Å². The molecule has 0 bridgehead atoms. The van der Waals surface area contributed by atoms with E-state index in [1.807, 2.05) is 13.8 Å². The molecule has 1 N–H and O–H groups in total. The molecule has 1 heterocycles. The number of hydrogen-bond acceptors (Lipinski definition) is 3. The molecule has 0 aliphatic carbocycles. The Kier molecular flexibility index (Phi) is 4.24. The monoisotopic (exact) mass is 285 g/mol. The van der Waals surface area contributed by atoms with Crippen LogP contribution in [-0.2, 0) is 5.75 Å². The Hall–Kier alpha value is -1.07. The smallest absolute Gasteiger partial charge is 0.208 e. The van der Waals surface area contributed by atoms with Gasteiger partial charge in [-0.05, 0) is 12.1 Å². The van der Waals surface area contributed by atoms with Crippen molar-refractivity contribution in [2.45, 2.75) is 30.7 Å². The van der Waals surface area contributed by atoms with Crippen LogP contribution in [-0.4, -0.2) is 15.2 Å². The molecule has 0 fully saturated rings. The Morgan fingerprint density at radius 1 is 1.44 bits per heavy atom. The van der Waals surface area contributed by atoms with Crippen molar-refractivity contribution in [2.24, 2.45) is 0 Å². The molecule has 0 aliphatic rings. The van der Waals surface area contributed by atoms with Crippen LogP contribution in [0.3, 0.4) is 0 Å². The highest BCUT2D eigenvalue weighted by Gasteiger charge is 2.11. The lowest BCUT2D eigenvalue weighted by Crippen LogP contribution is -1.90. The molecule has 1 aromatic heterocycles. The number of hydrogen-bond donors (Lipinski definition) is 1. The van der Waals surface area contributed by atoms with Gasteiger partial charge in [-0.15, -0.1) is 5.10 Å². The standard InChI is InChI=1S/C12H13ClFN3S/c1-7(2)11-15-12(17-16-11)18-6-8-9(13)4-3-5-10(8)14/h3-5,7H,6H2,1-2H3,(H,15,16,17). The van der Waals surface area contributed by atoms with Crippen molar-refractivity contribution in [1.29, 1.82) is 0 Å². The summed E-state index contributed by atoms with van der Waals surface area (Å²) < 4.78 is 13.5. The Morgan fingerprint density at radius 2 is 2.22 bits per heavy atom. The average molecular weight is 286 g/mol. The number of rotatable bonds is 4. The molecule has 96 valence electrons. The van der Waals surface area contributed by atoms with Crippen LogP contribution in [0, 0.1) is 5.82 Å². The Balaban J connectivity index is 2.07. The third-order valence-electron chi connectivity index (χ3n) is 2.44. The van der Waals surface area contributed by atoms with E-state index in [0.29, 0.717) is 27.4 Å². The topological polar surface area (TPSA) is 41.6 Å². The lowest BCUT2D eigenvalue weighted by molar-refractivity contribution is 0.617. The lowest BCUT2D eigenvalue weighted by Gasteiger charge is -2.03. The maximum absolute atomic E-state index is 13.5. The number of nitrogens with zero attached hydrogens (tertiary/aromatic N) is 2. The van der Waals surface area contributed by atoms with Gasteiger partial charge in [0.25, 0.3) is 0 Å². The highest BCUT2D eigenvalue weighted by atomic mass is 35.5. The predicted molar refractivity (Wildman–Crippen MR) is 71.4 cm³/mol. The van der Waals surface area contributed by atoms with Gasteiger partial charge in [0.1, 0.15) is 11.6 Å². The molecule has 0 saturated carbocycles. The van der Waals surface area contributed by atoms with Crippen LogP contribution in [0.1, 0.15) is 31.2 Å². The molecule has 0 radical (unpaired) electrons. The molecule has 0 saturated heterocycles. The first-order valence-electron chi connectivity index (χ1n) is 5.56. The van der Waals surface area contributed by atoms with Gasteiger partial charge in [-0.2, -0.15) is 0 Å². The molecule has 2 rings (SSSR count). The van der Waals surface area contributed by atoms with E-state index < -0.39 is 0 Å². The highest BCUT2D eigenvalue weighted by Crippen LogP contribution is 2.27. The quantitative estimate of drug-likeness (QED) is 0.863. The van der Waals surface area contributed by atoms with Crippen LogP contribution in [0.2, 0.25) is 5.02 Å². The molecular formula is C12H13ClFN3S. The van der Waals surface area contributed by atoms with Crippen molar-refractivity contribution >= 4 is 23.4 Å². The van der Waals surface area contributed by atoms with Crippen LogP contribution in [0.4, 0.5) is 4.39 Å². The Bertz CT molecular complexity index is 522. The summed E-state index contributed by atoms with van der Waals surface area (Å²) in [5, 5.41) is 7.98. The minimum absolute atomic E-state index is 0.295. The van der Waals surface area contributed by atoms with E-state index in [1.165, 1.54) is 17.8 Å². The third-order valence-corrected chi connectivity index (χ3v) is 3.66. The number of thioether (sulfide) groups is 1. The molecule has 0 aliphatic heterocycles. The summed E-state index contributed by atoms with van der Waals surface area (Å²) in [6, 6.07) is 4.67. The summed E-state index contributed by atoms with van der Waals surface area (Å²) in [4.78, 5) is 4.31. The average Bonchev–Trinajstić information content (AvgIpc) is 2.77. The number of halogens is 2. The zero-order chi connectivity index (χ0) is 13.1. The molecule has 6 heteroatoms. The third kappa shape index (κ3) is 3.03. The molecule has 0 amide bonds. The summed E-state index contributed by atoms with van der Waals surface area (Å²) in [6.07, 6.45) is 0. The van der Waals surface area contributed by atoms with E-state index >= 15 is 0 Å². The van der Waals surface area contributed by atoms with Crippen LogP contribution in [0.5, 0.6) is 0 Å². The second-order valence-corrected chi connectivity index (χ2v) is 5.50. The first kappa shape index (κ1) is 13.4. The number of benzene rings is 1. The van der Waals surface area contributed by atoms with E-state index in [4.69, 9.17) is 11.6 Å². The lowest BCUT2D eigenvalue weighted by atomic mass is 10.2. The van der Waals surface area contributed by atoms with E-state index in [-0.39, 0.29) is 5.82 Å². The minimum Gasteiger partial charge on any atom is -0.262 e. The van der Waals surface area contributed by atoms with E-state index in [1.54, 1.807) is 12.1 Å². The Morgan fingerprint density at radius 3 is 2.83 bits per heavy atom. The van der Waals surface area contributed by atoms with Gasteiger partial charge in [0.2, 0.25) is 5.16 Å². The predicted octanol–water partition coefficient (Wildman–Crippen LogP) is 4.01. The second-order valence-electron chi connectivity index (χ2n) is 4.15. The van der Waals surface area contributed by atoms with Crippen molar-refractivity contribution in [3.05, 3.63) is 40.4 Å². The first-order chi connectivity index (χ1) is 8.58. The summed E-state index contributed by atoms with van der Waals surface area (Å²) in [6.45, 7) is 4.06. The summed E-state index contributed by atoms with van der Waals surface area (Å²) >= 11 is 7.31. The molecule has 0 atom stereocenters.